The Morgan fingerprint density at radius 2 is 0.481 bits per heavy atom. The Morgan fingerprint density at radius 1 is 0.259 bits per heavy atom. The van der Waals surface area contributed by atoms with Gasteiger partial charge in [-0.15, -0.1) is 0 Å². The fourth-order valence-electron chi connectivity index (χ4n) is 10.2. The van der Waals surface area contributed by atoms with Gasteiger partial charge in [0.05, 0.1) is 0 Å². The topological polar surface area (TPSA) is 78.9 Å². The summed E-state index contributed by atoms with van der Waals surface area (Å²) in [6.07, 6.45) is 92.2. The van der Waals surface area contributed by atoms with E-state index in [1.807, 2.05) is 0 Å². The Kier molecular flexibility index (Phi) is 66.2. The molecule has 0 aliphatic rings. The molecule has 0 bridgehead atoms. The summed E-state index contributed by atoms with van der Waals surface area (Å²) in [5.41, 5.74) is 0. The zero-order chi connectivity index (χ0) is 58.5. The largest absolute Gasteiger partial charge is 0.462 e. The molecule has 0 N–H and O–H groups in total. The van der Waals surface area contributed by atoms with Crippen LogP contribution in [0.4, 0.5) is 0 Å². The minimum absolute atomic E-state index is 0.0713. The highest BCUT2D eigenvalue weighted by Crippen LogP contribution is 2.18. The molecule has 0 saturated carbocycles. The number of ether oxygens (including phenoxy) is 3. The van der Waals surface area contributed by atoms with E-state index in [0.29, 0.717) is 19.3 Å². The van der Waals surface area contributed by atoms with Gasteiger partial charge in [-0.2, -0.15) is 0 Å². The minimum atomic E-state index is -0.771. The van der Waals surface area contributed by atoms with Crippen molar-refractivity contribution in [1.29, 1.82) is 0 Å². The summed E-state index contributed by atoms with van der Waals surface area (Å²) in [5.74, 6) is -0.863. The lowest BCUT2D eigenvalue weighted by atomic mass is 10.0. The Morgan fingerprint density at radius 3 is 0.753 bits per heavy atom. The first-order valence-corrected chi connectivity index (χ1v) is 35.1. The summed E-state index contributed by atoms with van der Waals surface area (Å²) < 4.78 is 16.9. The smallest absolute Gasteiger partial charge is 0.306 e. The van der Waals surface area contributed by atoms with Gasteiger partial charge in [-0.25, -0.2) is 0 Å². The predicted molar refractivity (Wildman–Crippen MR) is 353 cm³/mol. The van der Waals surface area contributed by atoms with Gasteiger partial charge in [0.2, 0.25) is 0 Å². The molecule has 0 amide bonds. The number of hydrogen-bond acceptors (Lipinski definition) is 6. The molecule has 0 saturated heterocycles. The van der Waals surface area contributed by atoms with Crippen molar-refractivity contribution in [2.75, 3.05) is 13.2 Å². The molecule has 1 atom stereocenters. The lowest BCUT2D eigenvalue weighted by Crippen LogP contribution is -2.30. The number of hydrogen-bond donors (Lipinski definition) is 0. The second-order valence-electron chi connectivity index (χ2n) is 23.4. The van der Waals surface area contributed by atoms with E-state index in [-0.39, 0.29) is 31.1 Å². The highest BCUT2D eigenvalue weighted by Gasteiger charge is 2.19. The van der Waals surface area contributed by atoms with Crippen LogP contribution in [0.25, 0.3) is 0 Å². The van der Waals surface area contributed by atoms with Crippen molar-refractivity contribution in [3.05, 3.63) is 85.1 Å². The molecule has 81 heavy (non-hydrogen) atoms. The van der Waals surface area contributed by atoms with Crippen molar-refractivity contribution in [1.82, 2.24) is 0 Å². The van der Waals surface area contributed by atoms with Gasteiger partial charge in [0.1, 0.15) is 13.2 Å². The molecule has 6 nitrogen and oxygen atoms in total. The average Bonchev–Trinajstić information content (AvgIpc) is 3.47. The van der Waals surface area contributed by atoms with Crippen LogP contribution < -0.4 is 0 Å². The molecule has 0 heterocycles. The van der Waals surface area contributed by atoms with Crippen molar-refractivity contribution in [3.63, 3.8) is 0 Å². The first-order chi connectivity index (χ1) is 40.0. The molecular weight excluding hydrogens is 997 g/mol. The third-order valence-electron chi connectivity index (χ3n) is 15.4. The minimum Gasteiger partial charge on any atom is -0.462 e. The maximum Gasteiger partial charge on any atom is 0.306 e. The van der Waals surface area contributed by atoms with Crippen molar-refractivity contribution in [2.45, 2.75) is 361 Å². The van der Waals surface area contributed by atoms with Gasteiger partial charge in [-0.1, -0.05) is 343 Å². The van der Waals surface area contributed by atoms with Crippen LogP contribution in [0, 0.1) is 0 Å². The van der Waals surface area contributed by atoms with Crippen LogP contribution in [-0.4, -0.2) is 37.2 Å². The van der Waals surface area contributed by atoms with Gasteiger partial charge in [-0.05, 0) is 77.0 Å². The molecule has 0 aromatic carbocycles. The number of unbranched alkanes of at least 4 members (excludes halogenated alkanes) is 39. The molecule has 0 radical (unpaired) electrons. The maximum atomic E-state index is 12.9. The van der Waals surface area contributed by atoms with E-state index in [9.17, 15) is 14.4 Å². The molecule has 0 spiro atoms. The van der Waals surface area contributed by atoms with E-state index in [1.54, 1.807) is 0 Å². The summed E-state index contributed by atoms with van der Waals surface area (Å²) >= 11 is 0. The second kappa shape index (κ2) is 69.1. The molecular formula is C75H132O6. The molecule has 0 fully saturated rings. The van der Waals surface area contributed by atoms with Crippen molar-refractivity contribution >= 4 is 17.9 Å². The maximum absolute atomic E-state index is 12.9. The Labute approximate surface area is 503 Å². The van der Waals surface area contributed by atoms with Crippen molar-refractivity contribution < 1.29 is 28.6 Å². The number of rotatable bonds is 64. The van der Waals surface area contributed by atoms with Gasteiger partial charge < -0.3 is 14.2 Å². The lowest BCUT2D eigenvalue weighted by Gasteiger charge is -2.18. The summed E-state index contributed by atoms with van der Waals surface area (Å²) in [6, 6.07) is 0. The highest BCUT2D eigenvalue weighted by atomic mass is 16.6. The SMILES string of the molecule is CC/C=C\C/C=C\C/C=C\C/C=C\C/C=C\C/C=C\C/C=C\CCCCCCCCCCCCCCCC(=O)OCC(COC(=O)CCCCCCCC)OC(=O)CCCCCCCCCCCCCCCCCCCCCCCC. The van der Waals surface area contributed by atoms with Gasteiger partial charge >= 0.3 is 17.9 Å². The van der Waals surface area contributed by atoms with E-state index < -0.39 is 6.10 Å². The van der Waals surface area contributed by atoms with Gasteiger partial charge in [0.25, 0.3) is 0 Å². The summed E-state index contributed by atoms with van der Waals surface area (Å²) in [5, 5.41) is 0. The monoisotopic (exact) mass is 1130 g/mol. The first kappa shape index (κ1) is 77.6. The third kappa shape index (κ3) is 67.3. The van der Waals surface area contributed by atoms with Gasteiger partial charge in [0.15, 0.2) is 6.10 Å². The standard InChI is InChI=1S/C75H132O6/c1-4-7-10-13-16-18-20-22-24-26-28-30-32-33-34-35-36-37-38-39-40-41-42-43-44-46-47-49-51-53-55-57-59-62-65-68-74(77)80-71-72(70-79-73(76)67-64-61-15-12-9-6-3)81-75(78)69-66-63-60-58-56-54-52-50-48-45-31-29-27-25-23-21-19-17-14-11-8-5-2/h7,10,16,18,22,24,28,30,33-34,36-37,39-40,72H,4-6,8-9,11-15,17,19-21,23,25-27,29,31-32,35,38,41-71H2,1-3H3/b10-7-,18-16-,24-22-,30-28-,34-33-,37-36-,40-39-. The van der Waals surface area contributed by atoms with Crippen LogP contribution >= 0.6 is 0 Å². The molecule has 0 rings (SSSR count). The fraction of sp³-hybridized carbons (Fsp3) is 0.773. The molecule has 1 unspecified atom stereocenters. The summed E-state index contributed by atoms with van der Waals surface area (Å²) in [4.78, 5) is 38.1. The van der Waals surface area contributed by atoms with Crippen molar-refractivity contribution in [2.24, 2.45) is 0 Å². The van der Waals surface area contributed by atoms with E-state index in [0.717, 1.165) is 103 Å². The fourth-order valence-corrected chi connectivity index (χ4v) is 10.2. The van der Waals surface area contributed by atoms with Crippen LogP contribution in [0.1, 0.15) is 355 Å². The van der Waals surface area contributed by atoms with E-state index in [1.165, 1.54) is 212 Å². The second-order valence-corrected chi connectivity index (χ2v) is 23.4. The molecule has 0 aromatic heterocycles. The number of allylic oxidation sites excluding steroid dienone is 14. The zero-order valence-electron chi connectivity index (χ0n) is 53.8. The van der Waals surface area contributed by atoms with E-state index in [4.69, 9.17) is 14.2 Å². The van der Waals surface area contributed by atoms with Crippen LogP contribution in [0.3, 0.4) is 0 Å². The van der Waals surface area contributed by atoms with Crippen LogP contribution in [-0.2, 0) is 28.6 Å². The lowest BCUT2D eigenvalue weighted by molar-refractivity contribution is -0.167. The number of carbonyl (C=O) groups is 3. The molecule has 0 aliphatic heterocycles. The van der Waals surface area contributed by atoms with Crippen LogP contribution in [0.5, 0.6) is 0 Å². The summed E-state index contributed by atoms with van der Waals surface area (Å²) in [6.45, 7) is 6.51. The molecule has 0 aromatic rings. The first-order valence-electron chi connectivity index (χ1n) is 35.1. The molecule has 468 valence electrons. The molecule has 6 heteroatoms. The zero-order valence-corrected chi connectivity index (χ0v) is 53.8. The third-order valence-corrected chi connectivity index (χ3v) is 15.4. The van der Waals surface area contributed by atoms with Gasteiger partial charge in [-0.3, -0.25) is 14.4 Å². The van der Waals surface area contributed by atoms with E-state index >= 15 is 0 Å². The highest BCUT2D eigenvalue weighted by molar-refractivity contribution is 5.71. The Bertz CT molecular complexity index is 1530. The van der Waals surface area contributed by atoms with Crippen LogP contribution in [0.15, 0.2) is 85.1 Å². The number of esters is 3. The Balaban J connectivity index is 4.00. The average molecular weight is 1130 g/mol. The Hall–Kier alpha value is -3.41. The normalized spacial score (nSPS) is 12.6. The van der Waals surface area contributed by atoms with Crippen LogP contribution in [0.2, 0.25) is 0 Å². The van der Waals surface area contributed by atoms with Crippen molar-refractivity contribution in [3.8, 4) is 0 Å². The molecule has 0 aliphatic carbocycles. The number of carbonyl (C=O) groups excluding carboxylic acids is 3. The quantitative estimate of drug-likeness (QED) is 0.0261. The summed E-state index contributed by atoms with van der Waals surface area (Å²) in [7, 11) is 0. The van der Waals surface area contributed by atoms with Gasteiger partial charge in [0, 0.05) is 19.3 Å². The predicted octanol–water partition coefficient (Wildman–Crippen LogP) is 24.2. The van der Waals surface area contributed by atoms with E-state index in [2.05, 4.69) is 106 Å².